The predicted molar refractivity (Wildman–Crippen MR) is 282 cm³/mol. The number of hydrogen-bond acceptors (Lipinski definition) is 4. The fraction of sp³-hybridized carbons (Fsp3) is 0.242. The van der Waals surface area contributed by atoms with Crippen molar-refractivity contribution in [3.8, 4) is 17.3 Å². The largest absolute Gasteiger partial charge is 0.457 e. The topological polar surface area (TPSA) is 33.5 Å². The van der Waals surface area contributed by atoms with Gasteiger partial charge in [0.05, 0.1) is 22.4 Å². The van der Waals surface area contributed by atoms with E-state index >= 15 is 0 Å². The lowest BCUT2D eigenvalue weighted by atomic mass is 9.78. The van der Waals surface area contributed by atoms with E-state index < -0.39 is 0 Å². The number of hydrogen-bond donors (Lipinski definition) is 0. The maximum absolute atomic E-state index is 6.89. The van der Waals surface area contributed by atoms with Gasteiger partial charge in [0.2, 0.25) is 0 Å². The third-order valence-electron chi connectivity index (χ3n) is 14.2. The number of fused-ring (bicyclic) bond motifs is 4. The molecule has 2 aromatic heterocycles. The Balaban J connectivity index is 1.03. The fourth-order valence-corrected chi connectivity index (χ4v) is 9.83. The molecule has 1 aliphatic heterocycles. The molecule has 0 atom stereocenters. The van der Waals surface area contributed by atoms with Crippen molar-refractivity contribution in [2.45, 2.75) is 90.9 Å². The average molecular weight is 879 g/mol. The molecule has 5 heteroatoms. The van der Waals surface area contributed by atoms with Crippen LogP contribution < -0.4 is 14.5 Å². The monoisotopic (exact) mass is 878 g/mol. The highest BCUT2D eigenvalue weighted by Gasteiger charge is 2.32. The van der Waals surface area contributed by atoms with Crippen molar-refractivity contribution in [3.05, 3.63) is 216 Å². The third kappa shape index (κ3) is 8.05. The van der Waals surface area contributed by atoms with Crippen LogP contribution >= 0.6 is 0 Å². The van der Waals surface area contributed by atoms with Crippen molar-refractivity contribution in [3.63, 3.8) is 0 Å². The van der Waals surface area contributed by atoms with Gasteiger partial charge in [0, 0.05) is 51.3 Å². The number of nitrogens with zero attached hydrogens (tertiary/aromatic N) is 4. The Morgan fingerprint density at radius 3 is 1.64 bits per heavy atom. The number of rotatable bonds is 9. The molecular formula is C62H62N4O. The summed E-state index contributed by atoms with van der Waals surface area (Å²) in [5, 5.41) is 2.35. The smallest absolute Gasteiger partial charge is 0.137 e. The Bertz CT molecular complexity index is 3280. The Kier molecular flexibility index (Phi) is 10.7. The van der Waals surface area contributed by atoms with Gasteiger partial charge in [-0.3, -0.25) is 4.57 Å². The zero-order valence-electron chi connectivity index (χ0n) is 40.7. The molecule has 0 saturated heterocycles. The van der Waals surface area contributed by atoms with Gasteiger partial charge in [-0.25, -0.2) is 4.98 Å². The van der Waals surface area contributed by atoms with E-state index in [1.54, 1.807) is 0 Å². The van der Waals surface area contributed by atoms with Gasteiger partial charge in [-0.2, -0.15) is 0 Å². The van der Waals surface area contributed by atoms with Gasteiger partial charge in [0.1, 0.15) is 24.0 Å². The molecule has 10 rings (SSSR count). The molecule has 67 heavy (non-hydrogen) atoms. The van der Waals surface area contributed by atoms with Crippen LogP contribution in [0.5, 0.6) is 11.5 Å². The van der Waals surface area contributed by atoms with Crippen molar-refractivity contribution in [1.82, 2.24) is 9.55 Å². The second-order valence-corrected chi connectivity index (χ2v) is 21.5. The van der Waals surface area contributed by atoms with E-state index in [0.717, 1.165) is 39.4 Å². The fourth-order valence-electron chi connectivity index (χ4n) is 9.83. The second kappa shape index (κ2) is 16.3. The minimum absolute atomic E-state index is 0.0108. The SMILES string of the molecule is CC(C)(C)c1ccnc(-n2c3ccc(C(C)(C)c4ccccc4)cc3c3ccc(Oc4cccc(N5CN(c6cccc(C(C)(C)c7ccccc7)c6)c6ccc(C(C)(C)C)cc65)c4)cc32)c1. The van der Waals surface area contributed by atoms with E-state index in [2.05, 4.69) is 260 Å². The van der Waals surface area contributed by atoms with Crippen molar-refractivity contribution in [1.29, 1.82) is 0 Å². The summed E-state index contributed by atoms with van der Waals surface area (Å²) in [6.45, 7) is 23.5. The van der Waals surface area contributed by atoms with Crippen LogP contribution in [0.3, 0.4) is 0 Å². The van der Waals surface area contributed by atoms with Crippen molar-refractivity contribution in [2.75, 3.05) is 16.5 Å². The standard InChI is InChI=1S/C62H62N4O/c1-59(2,3)44-27-32-55-57(37-44)65(41-64(55)48-24-17-23-46(35-48)61(7,8)42-19-13-11-14-20-42)49-25-18-26-50(39-49)67-51-29-30-52-53-36-47(62(9,10)43-21-15-12-16-22-43)28-31-54(53)66(56(52)40-51)58-38-45(33-34-63-58)60(4,5)6/h11-40H,41H2,1-10H3. The first kappa shape index (κ1) is 43.8. The minimum Gasteiger partial charge on any atom is -0.457 e. The van der Waals surface area contributed by atoms with Gasteiger partial charge in [-0.1, -0.05) is 160 Å². The first-order chi connectivity index (χ1) is 32.0. The van der Waals surface area contributed by atoms with Crippen molar-refractivity contribution in [2.24, 2.45) is 0 Å². The summed E-state index contributed by atoms with van der Waals surface area (Å²) in [6.07, 6.45) is 1.94. The molecule has 0 spiro atoms. The summed E-state index contributed by atoms with van der Waals surface area (Å²) in [6, 6.07) is 64.0. The van der Waals surface area contributed by atoms with Gasteiger partial charge >= 0.3 is 0 Å². The quantitative estimate of drug-likeness (QED) is 0.145. The van der Waals surface area contributed by atoms with Gasteiger partial charge in [0.25, 0.3) is 0 Å². The van der Waals surface area contributed by atoms with Crippen LogP contribution in [0.4, 0.5) is 22.7 Å². The summed E-state index contributed by atoms with van der Waals surface area (Å²) in [5.74, 6) is 2.43. The lowest BCUT2D eigenvalue weighted by molar-refractivity contribution is 0.483. The molecule has 1 aliphatic rings. The number of benzene rings is 7. The molecule has 336 valence electrons. The van der Waals surface area contributed by atoms with E-state index in [1.165, 1.54) is 55.8 Å². The highest BCUT2D eigenvalue weighted by atomic mass is 16.5. The maximum Gasteiger partial charge on any atom is 0.137 e. The van der Waals surface area contributed by atoms with Gasteiger partial charge < -0.3 is 14.5 Å². The van der Waals surface area contributed by atoms with E-state index in [-0.39, 0.29) is 21.7 Å². The molecule has 3 heterocycles. The zero-order valence-corrected chi connectivity index (χ0v) is 40.7. The van der Waals surface area contributed by atoms with Crippen LogP contribution in [0.15, 0.2) is 182 Å². The van der Waals surface area contributed by atoms with Crippen LogP contribution in [0.25, 0.3) is 27.6 Å². The maximum atomic E-state index is 6.89. The zero-order chi connectivity index (χ0) is 46.9. The number of pyridine rings is 1. The molecule has 0 unspecified atom stereocenters. The Morgan fingerprint density at radius 1 is 0.403 bits per heavy atom. The molecule has 0 bridgehead atoms. The summed E-state index contributed by atoms with van der Waals surface area (Å²) in [5.41, 5.74) is 14.0. The van der Waals surface area contributed by atoms with Gasteiger partial charge in [-0.15, -0.1) is 0 Å². The number of aromatic nitrogens is 2. The normalized spacial score (nSPS) is 13.4. The molecule has 0 amide bonds. The first-order valence-electron chi connectivity index (χ1n) is 23.7. The van der Waals surface area contributed by atoms with Crippen LogP contribution in [0.2, 0.25) is 0 Å². The van der Waals surface area contributed by atoms with E-state index in [1.807, 2.05) is 6.20 Å². The molecule has 0 aliphatic carbocycles. The number of ether oxygens (including phenoxy) is 1. The molecule has 0 N–H and O–H groups in total. The van der Waals surface area contributed by atoms with Crippen LogP contribution in [0, 0.1) is 0 Å². The van der Waals surface area contributed by atoms with Crippen LogP contribution in [-0.2, 0) is 21.7 Å². The minimum atomic E-state index is -0.188. The highest BCUT2D eigenvalue weighted by molar-refractivity contribution is 6.10. The summed E-state index contributed by atoms with van der Waals surface area (Å²) in [4.78, 5) is 9.87. The lowest BCUT2D eigenvalue weighted by Gasteiger charge is -2.28. The highest BCUT2D eigenvalue weighted by Crippen LogP contribution is 2.48. The van der Waals surface area contributed by atoms with Crippen molar-refractivity contribution < 1.29 is 4.74 Å². The Labute approximate surface area is 397 Å². The van der Waals surface area contributed by atoms with Gasteiger partial charge in [0.15, 0.2) is 0 Å². The van der Waals surface area contributed by atoms with Crippen LogP contribution in [0.1, 0.15) is 103 Å². The summed E-state index contributed by atoms with van der Waals surface area (Å²) in [7, 11) is 0. The second-order valence-electron chi connectivity index (χ2n) is 21.5. The summed E-state index contributed by atoms with van der Waals surface area (Å²) < 4.78 is 9.19. The number of anilines is 4. The molecule has 9 aromatic rings. The van der Waals surface area contributed by atoms with Crippen molar-refractivity contribution >= 4 is 44.6 Å². The molecule has 0 saturated carbocycles. The third-order valence-corrected chi connectivity index (χ3v) is 14.2. The molecular weight excluding hydrogens is 817 g/mol. The average Bonchev–Trinajstić information content (AvgIpc) is 3.87. The molecule has 7 aromatic carbocycles. The van der Waals surface area contributed by atoms with E-state index in [9.17, 15) is 0 Å². The molecule has 5 nitrogen and oxygen atoms in total. The van der Waals surface area contributed by atoms with E-state index in [4.69, 9.17) is 9.72 Å². The van der Waals surface area contributed by atoms with Gasteiger partial charge in [-0.05, 0) is 117 Å². The van der Waals surface area contributed by atoms with E-state index in [0.29, 0.717) is 6.67 Å². The lowest BCUT2D eigenvalue weighted by Crippen LogP contribution is -2.25. The van der Waals surface area contributed by atoms with Crippen LogP contribution in [-0.4, -0.2) is 16.2 Å². The first-order valence-corrected chi connectivity index (χ1v) is 23.7. The summed E-state index contributed by atoms with van der Waals surface area (Å²) >= 11 is 0. The molecule has 0 fully saturated rings. The molecule has 0 radical (unpaired) electrons. The Morgan fingerprint density at radius 2 is 0.970 bits per heavy atom. The Hall–Kier alpha value is -7.11. The predicted octanol–water partition coefficient (Wildman–Crippen LogP) is 16.5.